The van der Waals surface area contributed by atoms with Gasteiger partial charge >= 0.3 is 7.12 Å². The molecule has 0 amide bonds. The fourth-order valence-electron chi connectivity index (χ4n) is 3.40. The highest BCUT2D eigenvalue weighted by molar-refractivity contribution is 7.89. The Morgan fingerprint density at radius 3 is 2.30 bits per heavy atom. The highest BCUT2D eigenvalue weighted by Gasteiger charge is 2.52. The van der Waals surface area contributed by atoms with Gasteiger partial charge in [0.15, 0.2) is 0 Å². The first-order valence-corrected chi connectivity index (χ1v) is 11.0. The molecular formula is C18H29BN2O5S. The molecule has 1 saturated heterocycles. The van der Waals surface area contributed by atoms with Crippen molar-refractivity contribution in [3.63, 3.8) is 0 Å². The van der Waals surface area contributed by atoms with E-state index in [1.54, 1.807) is 12.3 Å². The van der Waals surface area contributed by atoms with Crippen molar-refractivity contribution < 1.29 is 22.5 Å². The Hall–Kier alpha value is -1.16. The van der Waals surface area contributed by atoms with Gasteiger partial charge in [-0.1, -0.05) is 19.3 Å². The van der Waals surface area contributed by atoms with Gasteiger partial charge in [-0.2, -0.15) is 0 Å². The van der Waals surface area contributed by atoms with Crippen molar-refractivity contribution in [1.29, 1.82) is 0 Å². The summed E-state index contributed by atoms with van der Waals surface area (Å²) in [6, 6.07) is 1.49. The molecule has 1 N–H and O–H groups in total. The van der Waals surface area contributed by atoms with Crippen molar-refractivity contribution in [3.05, 3.63) is 12.3 Å². The number of aromatic nitrogens is 1. The highest BCUT2D eigenvalue weighted by atomic mass is 32.2. The second kappa shape index (κ2) is 7.35. The normalized spacial score (nSPS) is 22.8. The lowest BCUT2D eigenvalue weighted by Crippen LogP contribution is -2.41. The number of rotatable bonds is 5. The van der Waals surface area contributed by atoms with E-state index in [1.165, 1.54) is 7.11 Å². The van der Waals surface area contributed by atoms with Crippen LogP contribution < -0.4 is 14.9 Å². The summed E-state index contributed by atoms with van der Waals surface area (Å²) in [6.45, 7) is 7.80. The maximum absolute atomic E-state index is 13.0. The van der Waals surface area contributed by atoms with Gasteiger partial charge in [-0.15, -0.1) is 0 Å². The molecule has 1 saturated carbocycles. The van der Waals surface area contributed by atoms with E-state index in [0.29, 0.717) is 5.46 Å². The van der Waals surface area contributed by atoms with Crippen molar-refractivity contribution in [3.8, 4) is 5.88 Å². The van der Waals surface area contributed by atoms with Crippen molar-refractivity contribution >= 4 is 22.6 Å². The summed E-state index contributed by atoms with van der Waals surface area (Å²) in [6.07, 6.45) is 6.48. The third kappa shape index (κ3) is 4.16. The second-order valence-electron chi connectivity index (χ2n) is 8.32. The largest absolute Gasteiger partial charge is 0.496 e. The zero-order chi connectivity index (χ0) is 19.9. The minimum atomic E-state index is -3.76. The van der Waals surface area contributed by atoms with Crippen LogP contribution in [0.3, 0.4) is 0 Å². The first kappa shape index (κ1) is 20.6. The fraction of sp³-hybridized carbons (Fsp3) is 0.722. The molecule has 7 nitrogen and oxygen atoms in total. The molecule has 1 aromatic rings. The van der Waals surface area contributed by atoms with Crippen LogP contribution in [0.4, 0.5) is 0 Å². The number of hydrogen-bond donors (Lipinski definition) is 1. The first-order chi connectivity index (χ1) is 12.6. The standard InChI is InChI=1S/C18H29BN2O5S/c1-17(2)18(3,4)26-19(25-17)13-11-15(16(24-5)20-12-13)27(22,23)21-14-9-7-6-8-10-14/h11-12,14,21H,6-10H2,1-5H3. The maximum Gasteiger partial charge on any atom is 0.496 e. The Kier molecular flexibility index (Phi) is 5.60. The molecule has 0 bridgehead atoms. The molecule has 9 heteroatoms. The Labute approximate surface area is 162 Å². The minimum absolute atomic E-state index is 0.0165. The lowest BCUT2D eigenvalue weighted by Gasteiger charge is -2.32. The van der Waals surface area contributed by atoms with Gasteiger partial charge in [0, 0.05) is 17.7 Å². The van der Waals surface area contributed by atoms with Gasteiger partial charge in [-0.05, 0) is 46.6 Å². The number of hydrogen-bond acceptors (Lipinski definition) is 6. The van der Waals surface area contributed by atoms with Crippen LogP contribution in [0.15, 0.2) is 17.2 Å². The van der Waals surface area contributed by atoms with E-state index in [9.17, 15) is 8.42 Å². The van der Waals surface area contributed by atoms with E-state index in [0.717, 1.165) is 32.1 Å². The molecule has 2 fully saturated rings. The average Bonchev–Trinajstić information content (AvgIpc) is 2.82. The predicted molar refractivity (Wildman–Crippen MR) is 104 cm³/mol. The zero-order valence-electron chi connectivity index (χ0n) is 16.7. The Balaban J connectivity index is 1.90. The van der Waals surface area contributed by atoms with E-state index in [1.807, 2.05) is 27.7 Å². The monoisotopic (exact) mass is 396 g/mol. The van der Waals surface area contributed by atoms with Gasteiger partial charge in [0.2, 0.25) is 15.9 Å². The smallest absolute Gasteiger partial charge is 0.480 e. The SMILES string of the molecule is COc1ncc(B2OC(C)(C)C(C)(C)O2)cc1S(=O)(=O)NC1CCCCC1. The van der Waals surface area contributed by atoms with E-state index in [2.05, 4.69) is 9.71 Å². The third-order valence-electron chi connectivity index (χ3n) is 5.77. The molecule has 1 aliphatic carbocycles. The van der Waals surface area contributed by atoms with Gasteiger partial charge in [-0.25, -0.2) is 18.1 Å². The number of nitrogens with zero attached hydrogens (tertiary/aromatic N) is 1. The molecule has 1 aliphatic heterocycles. The fourth-order valence-corrected chi connectivity index (χ4v) is 4.86. The Morgan fingerprint density at radius 1 is 1.15 bits per heavy atom. The van der Waals surface area contributed by atoms with Crippen molar-refractivity contribution in [2.75, 3.05) is 7.11 Å². The van der Waals surface area contributed by atoms with Crippen LogP contribution in [0.1, 0.15) is 59.8 Å². The summed E-state index contributed by atoms with van der Waals surface area (Å²) in [7, 11) is -3.03. The van der Waals surface area contributed by atoms with Crippen LogP contribution in [0, 0.1) is 0 Å². The van der Waals surface area contributed by atoms with Crippen LogP contribution in [0.5, 0.6) is 5.88 Å². The molecule has 1 aromatic heterocycles. The summed E-state index contributed by atoms with van der Waals surface area (Å²) in [5.74, 6) is 0.0681. The molecular weight excluding hydrogens is 367 g/mol. The molecule has 27 heavy (non-hydrogen) atoms. The van der Waals surface area contributed by atoms with E-state index in [-0.39, 0.29) is 16.8 Å². The Bertz CT molecular complexity index is 775. The van der Waals surface area contributed by atoms with Crippen LogP contribution in [0.2, 0.25) is 0 Å². The summed E-state index contributed by atoms with van der Waals surface area (Å²) in [4.78, 5) is 4.21. The molecule has 3 rings (SSSR count). The number of ether oxygens (including phenoxy) is 1. The van der Waals surface area contributed by atoms with E-state index < -0.39 is 28.3 Å². The average molecular weight is 396 g/mol. The molecule has 0 spiro atoms. The topological polar surface area (TPSA) is 86.8 Å². The molecule has 2 heterocycles. The van der Waals surface area contributed by atoms with Crippen molar-refractivity contribution in [1.82, 2.24) is 9.71 Å². The number of nitrogens with one attached hydrogen (secondary N) is 1. The van der Waals surface area contributed by atoms with Crippen molar-refractivity contribution in [2.45, 2.75) is 81.9 Å². The van der Waals surface area contributed by atoms with E-state index >= 15 is 0 Å². The lowest BCUT2D eigenvalue weighted by atomic mass is 9.80. The van der Waals surface area contributed by atoms with Gasteiger partial charge < -0.3 is 14.0 Å². The van der Waals surface area contributed by atoms with Crippen LogP contribution >= 0.6 is 0 Å². The first-order valence-electron chi connectivity index (χ1n) is 9.48. The number of sulfonamides is 1. The molecule has 0 aromatic carbocycles. The second-order valence-corrected chi connectivity index (χ2v) is 10.0. The van der Waals surface area contributed by atoms with Crippen LogP contribution in [-0.4, -0.2) is 44.9 Å². The maximum atomic E-state index is 13.0. The van der Waals surface area contributed by atoms with Crippen molar-refractivity contribution in [2.24, 2.45) is 0 Å². The third-order valence-corrected chi connectivity index (χ3v) is 7.29. The van der Waals surface area contributed by atoms with Crippen LogP contribution in [-0.2, 0) is 19.3 Å². The quantitative estimate of drug-likeness (QED) is 0.767. The summed E-state index contributed by atoms with van der Waals surface area (Å²) >= 11 is 0. The molecule has 0 unspecified atom stereocenters. The lowest BCUT2D eigenvalue weighted by molar-refractivity contribution is 0.00578. The molecule has 0 atom stereocenters. The minimum Gasteiger partial charge on any atom is -0.480 e. The van der Waals surface area contributed by atoms with Gasteiger partial charge in [-0.3, -0.25) is 0 Å². The summed E-state index contributed by atoms with van der Waals surface area (Å²) in [5, 5.41) is 0. The van der Waals surface area contributed by atoms with Gasteiger partial charge in [0.05, 0.1) is 18.3 Å². The van der Waals surface area contributed by atoms with Gasteiger partial charge in [0.1, 0.15) is 4.90 Å². The zero-order valence-corrected chi connectivity index (χ0v) is 17.6. The highest BCUT2D eigenvalue weighted by Crippen LogP contribution is 2.36. The molecule has 0 radical (unpaired) electrons. The number of methoxy groups -OCH3 is 1. The predicted octanol–water partition coefficient (Wildman–Crippen LogP) is 2.00. The Morgan fingerprint density at radius 2 is 1.74 bits per heavy atom. The molecule has 2 aliphatic rings. The van der Waals surface area contributed by atoms with E-state index in [4.69, 9.17) is 14.0 Å². The molecule has 150 valence electrons. The van der Waals surface area contributed by atoms with Gasteiger partial charge in [0.25, 0.3) is 0 Å². The summed E-state index contributed by atoms with van der Waals surface area (Å²) < 4.78 is 46.0. The summed E-state index contributed by atoms with van der Waals surface area (Å²) in [5.41, 5.74) is -0.480. The van der Waals surface area contributed by atoms with Crippen LogP contribution in [0.25, 0.3) is 0 Å². The number of pyridine rings is 1.